The van der Waals surface area contributed by atoms with Crippen LogP contribution in [0, 0.1) is 6.92 Å². The molecule has 96 valence electrons. The summed E-state index contributed by atoms with van der Waals surface area (Å²) < 4.78 is 12.5. The molecule has 0 aliphatic heterocycles. The Morgan fingerprint density at radius 3 is 2.84 bits per heavy atom. The van der Waals surface area contributed by atoms with E-state index in [1.54, 1.807) is 0 Å². The van der Waals surface area contributed by atoms with Crippen molar-refractivity contribution in [2.24, 2.45) is 0 Å². The Morgan fingerprint density at radius 1 is 1.11 bits per heavy atom. The van der Waals surface area contributed by atoms with Gasteiger partial charge in [-0.2, -0.15) is 0 Å². The van der Waals surface area contributed by atoms with Gasteiger partial charge < -0.3 is 9.15 Å². The first-order chi connectivity index (χ1) is 9.20. The van der Waals surface area contributed by atoms with Gasteiger partial charge in [-0.25, -0.2) is 0 Å². The number of fused-ring (bicyclic) bond motifs is 1. The van der Waals surface area contributed by atoms with E-state index in [0.717, 1.165) is 27.0 Å². The van der Waals surface area contributed by atoms with E-state index in [-0.39, 0.29) is 0 Å². The van der Waals surface area contributed by atoms with Crippen molar-refractivity contribution < 1.29 is 9.15 Å². The summed E-state index contributed by atoms with van der Waals surface area (Å²) in [7, 11) is 0. The van der Waals surface area contributed by atoms with Crippen LogP contribution in [0.3, 0.4) is 0 Å². The second-order valence-electron chi connectivity index (χ2n) is 4.50. The minimum atomic E-state index is 0.435. The van der Waals surface area contributed by atoms with Crippen molar-refractivity contribution in [3.8, 4) is 5.75 Å². The number of aryl methyl sites for hydroxylation is 1. The van der Waals surface area contributed by atoms with Gasteiger partial charge in [-0.05, 0) is 43.3 Å². The highest BCUT2D eigenvalue weighted by Gasteiger charge is 2.05. The summed E-state index contributed by atoms with van der Waals surface area (Å²) in [5.74, 6) is 1.66. The number of furan rings is 1. The molecule has 3 heteroatoms. The highest BCUT2D eigenvalue weighted by Crippen LogP contribution is 2.23. The summed E-state index contributed by atoms with van der Waals surface area (Å²) >= 11 is 3.42. The molecule has 0 saturated heterocycles. The molecule has 0 aliphatic carbocycles. The predicted octanol–water partition coefficient (Wildman–Crippen LogP) is 5.08. The fraction of sp³-hybridized carbons (Fsp3) is 0.125. The number of ether oxygens (including phenoxy) is 1. The fourth-order valence-electron chi connectivity index (χ4n) is 2.00. The molecule has 0 spiro atoms. The molecule has 0 amide bonds. The Kier molecular flexibility index (Phi) is 3.30. The normalized spacial score (nSPS) is 10.8. The molecular weight excluding hydrogens is 304 g/mol. The lowest BCUT2D eigenvalue weighted by atomic mass is 10.2. The standard InChI is InChI=1S/C16H13BrO2/c1-11-5-6-16-12(7-11)8-15(19-16)10-18-14-4-2-3-13(17)9-14/h2-9H,10H2,1H3. The van der Waals surface area contributed by atoms with Gasteiger partial charge >= 0.3 is 0 Å². The van der Waals surface area contributed by atoms with Gasteiger partial charge in [-0.15, -0.1) is 0 Å². The van der Waals surface area contributed by atoms with Crippen molar-refractivity contribution in [3.05, 3.63) is 64.3 Å². The highest BCUT2D eigenvalue weighted by molar-refractivity contribution is 9.10. The molecule has 0 aliphatic rings. The molecule has 0 bridgehead atoms. The molecule has 0 unspecified atom stereocenters. The highest BCUT2D eigenvalue weighted by atomic mass is 79.9. The molecule has 2 aromatic carbocycles. The maximum absolute atomic E-state index is 5.74. The lowest BCUT2D eigenvalue weighted by molar-refractivity contribution is 0.274. The molecule has 0 fully saturated rings. The van der Waals surface area contributed by atoms with Crippen molar-refractivity contribution in [3.63, 3.8) is 0 Å². The zero-order chi connectivity index (χ0) is 13.2. The SMILES string of the molecule is Cc1ccc2oc(COc3cccc(Br)c3)cc2c1. The van der Waals surface area contributed by atoms with E-state index in [4.69, 9.17) is 9.15 Å². The van der Waals surface area contributed by atoms with E-state index >= 15 is 0 Å². The summed E-state index contributed by atoms with van der Waals surface area (Å²) in [6.45, 7) is 2.51. The average molecular weight is 317 g/mol. The third kappa shape index (κ3) is 2.82. The van der Waals surface area contributed by atoms with Crippen LogP contribution in [-0.4, -0.2) is 0 Å². The minimum Gasteiger partial charge on any atom is -0.486 e. The van der Waals surface area contributed by atoms with E-state index in [9.17, 15) is 0 Å². The average Bonchev–Trinajstić information content (AvgIpc) is 2.78. The van der Waals surface area contributed by atoms with Gasteiger partial charge in [0.2, 0.25) is 0 Å². The van der Waals surface area contributed by atoms with Gasteiger partial charge in [0, 0.05) is 9.86 Å². The van der Waals surface area contributed by atoms with E-state index in [0.29, 0.717) is 6.61 Å². The summed E-state index contributed by atoms with van der Waals surface area (Å²) in [4.78, 5) is 0. The monoisotopic (exact) mass is 316 g/mol. The Hall–Kier alpha value is -1.74. The molecule has 1 aromatic heterocycles. The minimum absolute atomic E-state index is 0.435. The van der Waals surface area contributed by atoms with Crippen LogP contribution in [0.15, 0.2) is 57.4 Å². The third-order valence-electron chi connectivity index (χ3n) is 2.90. The van der Waals surface area contributed by atoms with E-state index in [1.165, 1.54) is 5.56 Å². The first-order valence-corrected chi connectivity index (χ1v) is 6.87. The first-order valence-electron chi connectivity index (χ1n) is 6.08. The van der Waals surface area contributed by atoms with Gasteiger partial charge in [-0.1, -0.05) is 33.6 Å². The van der Waals surface area contributed by atoms with Crippen LogP contribution >= 0.6 is 15.9 Å². The largest absolute Gasteiger partial charge is 0.486 e. The zero-order valence-electron chi connectivity index (χ0n) is 10.5. The molecule has 0 radical (unpaired) electrons. The molecule has 1 heterocycles. The molecular formula is C16H13BrO2. The topological polar surface area (TPSA) is 22.4 Å². The maximum atomic E-state index is 5.74. The molecule has 0 atom stereocenters. The Bertz CT molecular complexity index is 716. The summed E-state index contributed by atoms with van der Waals surface area (Å²) in [5.41, 5.74) is 2.13. The van der Waals surface area contributed by atoms with Crippen molar-refractivity contribution in [2.45, 2.75) is 13.5 Å². The summed E-state index contributed by atoms with van der Waals surface area (Å²) in [6, 6.07) is 16.0. The van der Waals surface area contributed by atoms with Gasteiger partial charge in [0.1, 0.15) is 23.7 Å². The molecule has 0 N–H and O–H groups in total. The quantitative estimate of drug-likeness (QED) is 0.672. The van der Waals surface area contributed by atoms with Crippen LogP contribution in [0.1, 0.15) is 11.3 Å². The Morgan fingerprint density at radius 2 is 2.00 bits per heavy atom. The van der Waals surface area contributed by atoms with Gasteiger partial charge in [0.15, 0.2) is 0 Å². The zero-order valence-corrected chi connectivity index (χ0v) is 12.1. The first kappa shape index (κ1) is 12.3. The van der Waals surface area contributed by atoms with Crippen LogP contribution in [0.5, 0.6) is 5.75 Å². The van der Waals surface area contributed by atoms with Crippen LogP contribution < -0.4 is 4.74 Å². The second kappa shape index (κ2) is 5.10. The lowest BCUT2D eigenvalue weighted by Gasteiger charge is -2.03. The molecule has 2 nitrogen and oxygen atoms in total. The predicted molar refractivity (Wildman–Crippen MR) is 79.4 cm³/mol. The lowest BCUT2D eigenvalue weighted by Crippen LogP contribution is -1.93. The number of benzene rings is 2. The third-order valence-corrected chi connectivity index (χ3v) is 3.39. The molecule has 3 aromatic rings. The number of rotatable bonds is 3. The number of hydrogen-bond acceptors (Lipinski definition) is 2. The van der Waals surface area contributed by atoms with E-state index in [1.807, 2.05) is 42.5 Å². The van der Waals surface area contributed by atoms with Crippen molar-refractivity contribution in [2.75, 3.05) is 0 Å². The van der Waals surface area contributed by atoms with E-state index in [2.05, 4.69) is 28.9 Å². The summed E-state index contributed by atoms with van der Waals surface area (Å²) in [5, 5.41) is 1.12. The van der Waals surface area contributed by atoms with Crippen molar-refractivity contribution >= 4 is 26.9 Å². The van der Waals surface area contributed by atoms with E-state index < -0.39 is 0 Å². The fourth-order valence-corrected chi connectivity index (χ4v) is 2.38. The van der Waals surface area contributed by atoms with Crippen LogP contribution in [-0.2, 0) is 6.61 Å². The van der Waals surface area contributed by atoms with Crippen molar-refractivity contribution in [1.82, 2.24) is 0 Å². The van der Waals surface area contributed by atoms with Crippen molar-refractivity contribution in [1.29, 1.82) is 0 Å². The summed E-state index contributed by atoms with van der Waals surface area (Å²) in [6.07, 6.45) is 0. The van der Waals surface area contributed by atoms with Crippen LogP contribution in [0.25, 0.3) is 11.0 Å². The van der Waals surface area contributed by atoms with Gasteiger partial charge in [0.25, 0.3) is 0 Å². The Balaban J connectivity index is 1.78. The van der Waals surface area contributed by atoms with Gasteiger partial charge in [-0.3, -0.25) is 0 Å². The molecule has 0 saturated carbocycles. The Labute approximate surface area is 120 Å². The van der Waals surface area contributed by atoms with Crippen LogP contribution in [0.2, 0.25) is 0 Å². The molecule has 19 heavy (non-hydrogen) atoms. The van der Waals surface area contributed by atoms with Crippen LogP contribution in [0.4, 0.5) is 0 Å². The second-order valence-corrected chi connectivity index (χ2v) is 5.42. The molecule has 3 rings (SSSR count). The number of hydrogen-bond donors (Lipinski definition) is 0. The van der Waals surface area contributed by atoms with Gasteiger partial charge in [0.05, 0.1) is 0 Å². The number of halogens is 1. The smallest absolute Gasteiger partial charge is 0.146 e. The maximum Gasteiger partial charge on any atom is 0.146 e.